The van der Waals surface area contributed by atoms with Crippen LogP contribution in [0.2, 0.25) is 0 Å². The van der Waals surface area contributed by atoms with E-state index in [1.165, 1.54) is 0 Å². The molecule has 0 heterocycles. The molecule has 0 N–H and O–H groups in total. The van der Waals surface area contributed by atoms with Crippen LogP contribution in [-0.4, -0.2) is 0 Å². The maximum absolute atomic E-state index is 3.00. The Morgan fingerprint density at radius 1 is 0.750 bits per heavy atom. The molecular formula is C2H4Cu2+2. The van der Waals surface area contributed by atoms with Crippen molar-refractivity contribution >= 4 is 0 Å². The smallest absolute Gasteiger partial charge is 0.106 e. The molecule has 0 saturated carbocycles. The summed E-state index contributed by atoms with van der Waals surface area (Å²) in [5, 5.41) is 0. The summed E-state index contributed by atoms with van der Waals surface area (Å²) in [4.78, 5) is 0. The molecule has 0 amide bonds. The Labute approximate surface area is 47.6 Å². The van der Waals surface area contributed by atoms with Crippen LogP contribution in [0.15, 0.2) is 13.2 Å². The Bertz CT molecular complexity index is 4.00. The maximum atomic E-state index is 3.00. The molecule has 0 aromatic heterocycles. The molecule has 0 aromatic rings. The fourth-order valence-electron chi connectivity index (χ4n) is 0. The molecule has 0 aromatic carbocycles. The van der Waals surface area contributed by atoms with Gasteiger partial charge in [-0.25, -0.2) is 0 Å². The molecule has 0 atom stereocenters. The van der Waals surface area contributed by atoms with E-state index in [0.29, 0.717) is 0 Å². The monoisotopic (exact) mass is 154 g/mol. The summed E-state index contributed by atoms with van der Waals surface area (Å²) in [6, 6.07) is 0. The Morgan fingerprint density at radius 3 is 0.750 bits per heavy atom. The fraction of sp³-hybridized carbons (Fsp3) is 0. The molecule has 0 aliphatic rings. The first-order chi connectivity index (χ1) is 1.00. The first-order valence-electron chi connectivity index (χ1n) is 0.500. The van der Waals surface area contributed by atoms with Gasteiger partial charge in [-0.3, -0.25) is 0 Å². The molecule has 2 heteroatoms. The van der Waals surface area contributed by atoms with Crippen molar-refractivity contribution in [3.05, 3.63) is 13.2 Å². The van der Waals surface area contributed by atoms with Crippen LogP contribution in [0, 0.1) is 0 Å². The summed E-state index contributed by atoms with van der Waals surface area (Å²) < 4.78 is 0. The van der Waals surface area contributed by atoms with E-state index in [-0.39, 0.29) is 34.1 Å². The van der Waals surface area contributed by atoms with Crippen molar-refractivity contribution in [3.63, 3.8) is 0 Å². The van der Waals surface area contributed by atoms with Gasteiger partial charge in [-0.05, 0) is 0 Å². The van der Waals surface area contributed by atoms with E-state index in [0.717, 1.165) is 0 Å². The third-order valence-electron chi connectivity index (χ3n) is 0. The molecular weight excluding hydrogens is 151 g/mol. The average Bonchev–Trinajstić information content (AvgIpc) is 1.00. The fourth-order valence-corrected chi connectivity index (χ4v) is 0. The molecule has 0 saturated heterocycles. The molecule has 0 nitrogen and oxygen atoms in total. The maximum Gasteiger partial charge on any atom is 1.00 e. The van der Waals surface area contributed by atoms with Gasteiger partial charge in [-0.15, -0.1) is 13.2 Å². The van der Waals surface area contributed by atoms with Gasteiger partial charge in [0.05, 0.1) is 0 Å². The van der Waals surface area contributed by atoms with E-state index in [1.807, 2.05) is 0 Å². The summed E-state index contributed by atoms with van der Waals surface area (Å²) in [6.45, 7) is 6.00. The van der Waals surface area contributed by atoms with E-state index < -0.39 is 0 Å². The van der Waals surface area contributed by atoms with E-state index in [1.54, 1.807) is 0 Å². The molecule has 0 aliphatic heterocycles. The Morgan fingerprint density at radius 2 is 0.750 bits per heavy atom. The zero-order valence-electron chi connectivity index (χ0n) is 2.02. The molecule has 0 unspecified atom stereocenters. The minimum Gasteiger partial charge on any atom is -0.106 e. The summed E-state index contributed by atoms with van der Waals surface area (Å²) >= 11 is 0. The second kappa shape index (κ2) is 48.1. The van der Waals surface area contributed by atoms with Crippen LogP contribution in [-0.2, 0) is 34.1 Å². The summed E-state index contributed by atoms with van der Waals surface area (Å²) in [6.07, 6.45) is 0. The van der Waals surface area contributed by atoms with Gasteiger partial charge < -0.3 is 0 Å². The summed E-state index contributed by atoms with van der Waals surface area (Å²) in [7, 11) is 0. The predicted octanol–water partition coefficient (Wildman–Crippen LogP) is 0.797. The number of hydrogen-bond donors (Lipinski definition) is 0. The Balaban J connectivity index is -0.00000000500. The van der Waals surface area contributed by atoms with Crippen LogP contribution >= 0.6 is 0 Å². The van der Waals surface area contributed by atoms with Crippen molar-refractivity contribution < 1.29 is 34.1 Å². The quantitative estimate of drug-likeness (QED) is 0.358. The van der Waals surface area contributed by atoms with Crippen LogP contribution in [0.1, 0.15) is 0 Å². The minimum absolute atomic E-state index is 0. The average molecular weight is 155 g/mol. The molecule has 0 bridgehead atoms. The normalized spacial score (nSPS) is 1.00. The second-order valence-corrected chi connectivity index (χ2v) is 0. The Kier molecular flexibility index (Phi) is 259. The van der Waals surface area contributed by atoms with Gasteiger partial charge in [0.2, 0.25) is 0 Å². The topological polar surface area (TPSA) is 0 Å². The SMILES string of the molecule is C=C.[Cu+].[Cu+]. The second-order valence-electron chi connectivity index (χ2n) is 0. The van der Waals surface area contributed by atoms with E-state index >= 15 is 0 Å². The van der Waals surface area contributed by atoms with Crippen molar-refractivity contribution in [2.24, 2.45) is 0 Å². The van der Waals surface area contributed by atoms with Crippen molar-refractivity contribution in [2.45, 2.75) is 0 Å². The zero-order chi connectivity index (χ0) is 2.00. The molecule has 0 radical (unpaired) electrons. The third-order valence-corrected chi connectivity index (χ3v) is 0. The van der Waals surface area contributed by atoms with Crippen molar-refractivity contribution in [1.82, 2.24) is 0 Å². The molecule has 0 rings (SSSR count). The van der Waals surface area contributed by atoms with Crippen LogP contribution in [0.4, 0.5) is 0 Å². The van der Waals surface area contributed by atoms with Crippen LogP contribution in [0.5, 0.6) is 0 Å². The van der Waals surface area contributed by atoms with Gasteiger partial charge in [-0.2, -0.15) is 0 Å². The first-order valence-corrected chi connectivity index (χ1v) is 0.500. The number of rotatable bonds is 0. The third kappa shape index (κ3) is 14.5. The predicted molar refractivity (Wildman–Crippen MR) is 11.3 cm³/mol. The van der Waals surface area contributed by atoms with Gasteiger partial charge >= 0.3 is 34.1 Å². The van der Waals surface area contributed by atoms with Gasteiger partial charge in [0.1, 0.15) is 0 Å². The minimum atomic E-state index is 0. The van der Waals surface area contributed by atoms with Gasteiger partial charge in [-0.1, -0.05) is 0 Å². The van der Waals surface area contributed by atoms with Crippen molar-refractivity contribution in [1.29, 1.82) is 0 Å². The molecule has 0 fully saturated rings. The Hall–Kier alpha value is 0.779. The van der Waals surface area contributed by atoms with Crippen LogP contribution < -0.4 is 0 Å². The first kappa shape index (κ1) is 21.6. The molecule has 32 valence electrons. The molecule has 4 heavy (non-hydrogen) atoms. The van der Waals surface area contributed by atoms with Gasteiger partial charge in [0.15, 0.2) is 0 Å². The van der Waals surface area contributed by atoms with Crippen molar-refractivity contribution in [3.8, 4) is 0 Å². The summed E-state index contributed by atoms with van der Waals surface area (Å²) in [5.41, 5.74) is 0. The van der Waals surface area contributed by atoms with Gasteiger partial charge in [0, 0.05) is 0 Å². The standard InChI is InChI=1S/C2H4.2Cu/c1-2;;/h1-2H2;;/q;2*+1. The summed E-state index contributed by atoms with van der Waals surface area (Å²) in [5.74, 6) is 0. The molecule has 0 aliphatic carbocycles. The molecule has 0 spiro atoms. The van der Waals surface area contributed by atoms with Crippen molar-refractivity contribution in [2.75, 3.05) is 0 Å². The zero-order valence-corrected chi connectivity index (χ0v) is 3.90. The van der Waals surface area contributed by atoms with E-state index in [2.05, 4.69) is 13.2 Å². The van der Waals surface area contributed by atoms with E-state index in [9.17, 15) is 0 Å². The number of hydrogen-bond acceptors (Lipinski definition) is 0. The van der Waals surface area contributed by atoms with Gasteiger partial charge in [0.25, 0.3) is 0 Å². The van der Waals surface area contributed by atoms with Crippen LogP contribution in [0.25, 0.3) is 0 Å². The largest absolute Gasteiger partial charge is 1.00 e. The van der Waals surface area contributed by atoms with Crippen LogP contribution in [0.3, 0.4) is 0 Å². The van der Waals surface area contributed by atoms with E-state index in [4.69, 9.17) is 0 Å².